The van der Waals surface area contributed by atoms with E-state index < -0.39 is 0 Å². The Hall–Kier alpha value is -0.570. The first-order valence-electron chi connectivity index (χ1n) is 5.62. The molecule has 1 aliphatic heterocycles. The normalized spacial score (nSPS) is 26.9. The summed E-state index contributed by atoms with van der Waals surface area (Å²) in [5.41, 5.74) is -0.126. The van der Waals surface area contributed by atoms with E-state index in [9.17, 15) is 4.79 Å². The van der Waals surface area contributed by atoms with Gasteiger partial charge in [0, 0.05) is 12.6 Å². The van der Waals surface area contributed by atoms with Gasteiger partial charge in [-0.25, -0.2) is 0 Å². The van der Waals surface area contributed by atoms with Crippen LogP contribution in [-0.2, 0) is 4.79 Å². The Morgan fingerprint density at radius 3 is 2.71 bits per heavy atom. The van der Waals surface area contributed by atoms with E-state index >= 15 is 0 Å². The zero-order chi connectivity index (χ0) is 10.6. The fraction of sp³-hybridized carbons (Fsp3) is 0.909. The lowest BCUT2D eigenvalue weighted by Gasteiger charge is -2.27. The van der Waals surface area contributed by atoms with Crippen molar-refractivity contribution in [2.24, 2.45) is 5.41 Å². The molecule has 3 heteroatoms. The summed E-state index contributed by atoms with van der Waals surface area (Å²) < 4.78 is 0. The van der Waals surface area contributed by atoms with Crippen molar-refractivity contribution >= 4 is 5.91 Å². The lowest BCUT2D eigenvalue weighted by molar-refractivity contribution is -0.131. The number of hydrogen-bond donors (Lipinski definition) is 2. The van der Waals surface area contributed by atoms with Crippen LogP contribution in [0.15, 0.2) is 0 Å². The summed E-state index contributed by atoms with van der Waals surface area (Å²) in [6, 6.07) is 0.247. The molecule has 0 aliphatic carbocycles. The second-order valence-corrected chi connectivity index (χ2v) is 4.59. The number of carbonyl (C=O) groups is 1. The predicted octanol–water partition coefficient (Wildman–Crippen LogP) is 1.29. The molecule has 0 spiro atoms. The second-order valence-electron chi connectivity index (χ2n) is 4.59. The Labute approximate surface area is 86.6 Å². The highest BCUT2D eigenvalue weighted by atomic mass is 16.2. The Balaban J connectivity index is 2.62. The molecule has 0 radical (unpaired) electrons. The number of amides is 1. The molecule has 0 aromatic rings. The van der Waals surface area contributed by atoms with Gasteiger partial charge in [-0.05, 0) is 33.2 Å². The third kappa shape index (κ3) is 2.47. The second kappa shape index (κ2) is 4.78. The Morgan fingerprint density at radius 2 is 2.29 bits per heavy atom. The lowest BCUT2D eigenvalue weighted by Crippen LogP contribution is -2.45. The summed E-state index contributed by atoms with van der Waals surface area (Å²) >= 11 is 0. The average Bonchev–Trinajstić information content (AvgIpc) is 2.53. The largest absolute Gasteiger partial charge is 0.353 e. The van der Waals surface area contributed by atoms with Crippen LogP contribution in [0.2, 0.25) is 0 Å². The van der Waals surface area contributed by atoms with Crippen LogP contribution in [0.3, 0.4) is 0 Å². The number of nitrogens with one attached hydrogen (secondary N) is 2. The summed E-state index contributed by atoms with van der Waals surface area (Å²) in [6.07, 6.45) is 3.06. The van der Waals surface area contributed by atoms with Crippen LogP contribution in [0.5, 0.6) is 0 Å². The Kier molecular flexibility index (Phi) is 3.93. The van der Waals surface area contributed by atoms with Crippen molar-refractivity contribution < 1.29 is 4.79 Å². The molecule has 1 fully saturated rings. The highest BCUT2D eigenvalue weighted by molar-refractivity contribution is 5.83. The van der Waals surface area contributed by atoms with Gasteiger partial charge >= 0.3 is 0 Å². The molecular weight excluding hydrogens is 176 g/mol. The summed E-state index contributed by atoms with van der Waals surface area (Å²) in [5.74, 6) is 0.236. The highest BCUT2D eigenvalue weighted by Gasteiger charge is 2.40. The van der Waals surface area contributed by atoms with Crippen LogP contribution in [0.1, 0.15) is 40.0 Å². The van der Waals surface area contributed by atoms with Crippen LogP contribution in [0.4, 0.5) is 0 Å². The first kappa shape index (κ1) is 11.5. The van der Waals surface area contributed by atoms with Crippen molar-refractivity contribution in [1.29, 1.82) is 0 Å². The Morgan fingerprint density at radius 1 is 1.57 bits per heavy atom. The van der Waals surface area contributed by atoms with Gasteiger partial charge in [-0.15, -0.1) is 0 Å². The molecule has 0 saturated carbocycles. The van der Waals surface area contributed by atoms with Gasteiger partial charge in [0.25, 0.3) is 0 Å². The highest BCUT2D eigenvalue weighted by Crippen LogP contribution is 2.31. The minimum Gasteiger partial charge on any atom is -0.353 e. The standard InChI is InChI=1S/C11H22N2O/c1-4-5-11(6-7-12-8-11)10(14)13-9(2)3/h9,12H,4-8H2,1-3H3,(H,13,14). The van der Waals surface area contributed by atoms with E-state index in [0.717, 1.165) is 32.4 Å². The fourth-order valence-electron chi connectivity index (χ4n) is 2.16. The van der Waals surface area contributed by atoms with E-state index in [-0.39, 0.29) is 17.4 Å². The molecule has 0 aromatic heterocycles. The van der Waals surface area contributed by atoms with Gasteiger partial charge in [0.15, 0.2) is 0 Å². The maximum absolute atomic E-state index is 12.0. The van der Waals surface area contributed by atoms with Gasteiger partial charge < -0.3 is 10.6 Å². The molecule has 1 atom stereocenters. The third-order valence-electron chi connectivity index (χ3n) is 2.87. The first-order valence-corrected chi connectivity index (χ1v) is 5.62. The van der Waals surface area contributed by atoms with Crippen molar-refractivity contribution in [2.45, 2.75) is 46.1 Å². The molecule has 1 amide bonds. The summed E-state index contributed by atoms with van der Waals surface area (Å²) in [5, 5.41) is 6.32. The van der Waals surface area contributed by atoms with Crippen molar-refractivity contribution in [3.63, 3.8) is 0 Å². The molecule has 1 saturated heterocycles. The predicted molar refractivity (Wildman–Crippen MR) is 58.1 cm³/mol. The summed E-state index contributed by atoms with van der Waals surface area (Å²) in [4.78, 5) is 12.0. The molecule has 3 nitrogen and oxygen atoms in total. The lowest BCUT2D eigenvalue weighted by atomic mass is 9.81. The average molecular weight is 198 g/mol. The number of carbonyl (C=O) groups excluding carboxylic acids is 1. The van der Waals surface area contributed by atoms with Crippen LogP contribution in [-0.4, -0.2) is 25.0 Å². The van der Waals surface area contributed by atoms with E-state index in [1.54, 1.807) is 0 Å². The quantitative estimate of drug-likeness (QED) is 0.714. The molecular formula is C11H22N2O. The fourth-order valence-corrected chi connectivity index (χ4v) is 2.16. The molecule has 0 bridgehead atoms. The van der Waals surface area contributed by atoms with E-state index in [0.29, 0.717) is 0 Å². The van der Waals surface area contributed by atoms with Crippen LogP contribution in [0, 0.1) is 5.41 Å². The van der Waals surface area contributed by atoms with Crippen molar-refractivity contribution in [1.82, 2.24) is 10.6 Å². The van der Waals surface area contributed by atoms with E-state index in [2.05, 4.69) is 17.6 Å². The summed E-state index contributed by atoms with van der Waals surface area (Å²) in [7, 11) is 0. The zero-order valence-corrected chi connectivity index (χ0v) is 9.52. The molecule has 1 heterocycles. The van der Waals surface area contributed by atoms with Crippen LogP contribution >= 0.6 is 0 Å². The SMILES string of the molecule is CCCC1(C(=O)NC(C)C)CCNC1. The minimum atomic E-state index is -0.126. The van der Waals surface area contributed by atoms with Gasteiger partial charge in [-0.1, -0.05) is 13.3 Å². The van der Waals surface area contributed by atoms with Gasteiger partial charge in [0.05, 0.1) is 5.41 Å². The number of hydrogen-bond acceptors (Lipinski definition) is 2. The maximum Gasteiger partial charge on any atom is 0.227 e. The maximum atomic E-state index is 12.0. The molecule has 82 valence electrons. The van der Waals surface area contributed by atoms with Crippen molar-refractivity contribution in [3.05, 3.63) is 0 Å². The summed E-state index contributed by atoms with van der Waals surface area (Å²) in [6.45, 7) is 7.99. The number of rotatable bonds is 4. The topological polar surface area (TPSA) is 41.1 Å². The van der Waals surface area contributed by atoms with Gasteiger partial charge in [-0.3, -0.25) is 4.79 Å². The molecule has 14 heavy (non-hydrogen) atoms. The molecule has 2 N–H and O–H groups in total. The molecule has 0 aromatic carbocycles. The zero-order valence-electron chi connectivity index (χ0n) is 9.52. The molecule has 1 rings (SSSR count). The molecule has 1 aliphatic rings. The monoisotopic (exact) mass is 198 g/mol. The van der Waals surface area contributed by atoms with Crippen LogP contribution < -0.4 is 10.6 Å². The van der Waals surface area contributed by atoms with Gasteiger partial charge in [0.2, 0.25) is 5.91 Å². The smallest absolute Gasteiger partial charge is 0.227 e. The third-order valence-corrected chi connectivity index (χ3v) is 2.87. The van der Waals surface area contributed by atoms with E-state index in [1.165, 1.54) is 0 Å². The van der Waals surface area contributed by atoms with Crippen molar-refractivity contribution in [3.8, 4) is 0 Å². The van der Waals surface area contributed by atoms with E-state index in [1.807, 2.05) is 13.8 Å². The molecule has 1 unspecified atom stereocenters. The van der Waals surface area contributed by atoms with Gasteiger partial charge in [0.1, 0.15) is 0 Å². The van der Waals surface area contributed by atoms with Crippen molar-refractivity contribution in [2.75, 3.05) is 13.1 Å². The van der Waals surface area contributed by atoms with Gasteiger partial charge in [-0.2, -0.15) is 0 Å². The van der Waals surface area contributed by atoms with E-state index in [4.69, 9.17) is 0 Å². The van der Waals surface area contributed by atoms with Crippen LogP contribution in [0.25, 0.3) is 0 Å². The Bertz CT molecular complexity index is 195. The minimum absolute atomic E-state index is 0.126. The first-order chi connectivity index (χ1) is 6.60.